The predicted molar refractivity (Wildman–Crippen MR) is 82.0 cm³/mol. The SMILES string of the molecule is CCN(Cc1ccc(C#N)cc1F)C(=O)COCC1CCCO1. The first-order chi connectivity index (χ1) is 11.1. The van der Waals surface area contributed by atoms with Gasteiger partial charge in [-0.1, -0.05) is 6.07 Å². The van der Waals surface area contributed by atoms with Crippen LogP contribution in [0.4, 0.5) is 4.39 Å². The fourth-order valence-electron chi connectivity index (χ4n) is 2.47. The monoisotopic (exact) mass is 320 g/mol. The zero-order valence-electron chi connectivity index (χ0n) is 13.3. The Labute approximate surface area is 135 Å². The summed E-state index contributed by atoms with van der Waals surface area (Å²) in [5, 5.41) is 8.75. The molecule has 1 amide bonds. The lowest BCUT2D eigenvalue weighted by Gasteiger charge is -2.21. The van der Waals surface area contributed by atoms with Crippen LogP contribution in [0.5, 0.6) is 0 Å². The van der Waals surface area contributed by atoms with Crippen molar-refractivity contribution >= 4 is 5.91 Å². The minimum absolute atomic E-state index is 0.0361. The summed E-state index contributed by atoms with van der Waals surface area (Å²) in [7, 11) is 0. The Morgan fingerprint density at radius 2 is 2.39 bits per heavy atom. The minimum Gasteiger partial charge on any atom is -0.376 e. The molecule has 1 heterocycles. The van der Waals surface area contributed by atoms with Crippen molar-refractivity contribution in [1.29, 1.82) is 5.26 Å². The summed E-state index contributed by atoms with van der Waals surface area (Å²) in [4.78, 5) is 13.7. The molecule has 0 aliphatic carbocycles. The van der Waals surface area contributed by atoms with Crippen LogP contribution in [0.3, 0.4) is 0 Å². The molecule has 0 spiro atoms. The lowest BCUT2D eigenvalue weighted by molar-refractivity contribution is -0.137. The average Bonchev–Trinajstić information content (AvgIpc) is 3.06. The number of rotatable bonds is 7. The molecule has 5 nitrogen and oxygen atoms in total. The number of likely N-dealkylation sites (N-methyl/N-ethyl adjacent to an activating group) is 1. The standard InChI is InChI=1S/C17H21FN2O3/c1-2-20(10-14-6-5-13(9-19)8-16(14)18)17(21)12-22-11-15-4-3-7-23-15/h5-6,8,15H,2-4,7,10-12H2,1H3. The molecule has 124 valence electrons. The molecule has 23 heavy (non-hydrogen) atoms. The predicted octanol–water partition coefficient (Wildman–Crippen LogP) is 2.24. The van der Waals surface area contributed by atoms with Gasteiger partial charge in [0.2, 0.25) is 5.91 Å². The quantitative estimate of drug-likeness (QED) is 0.773. The molecular weight excluding hydrogens is 299 g/mol. The number of hydrogen-bond donors (Lipinski definition) is 0. The highest BCUT2D eigenvalue weighted by Crippen LogP contribution is 2.14. The van der Waals surface area contributed by atoms with Crippen molar-refractivity contribution in [1.82, 2.24) is 4.90 Å². The van der Waals surface area contributed by atoms with E-state index >= 15 is 0 Å². The molecule has 0 bridgehead atoms. The maximum Gasteiger partial charge on any atom is 0.248 e. The number of hydrogen-bond acceptors (Lipinski definition) is 4. The summed E-state index contributed by atoms with van der Waals surface area (Å²) in [5.41, 5.74) is 0.652. The van der Waals surface area contributed by atoms with Crippen LogP contribution < -0.4 is 0 Å². The molecule has 1 saturated heterocycles. The zero-order chi connectivity index (χ0) is 16.7. The van der Waals surface area contributed by atoms with E-state index in [2.05, 4.69) is 0 Å². The van der Waals surface area contributed by atoms with Crippen molar-refractivity contribution in [2.45, 2.75) is 32.4 Å². The Hall–Kier alpha value is -1.97. The summed E-state index contributed by atoms with van der Waals surface area (Å²) in [6.45, 7) is 3.58. The summed E-state index contributed by atoms with van der Waals surface area (Å²) >= 11 is 0. The van der Waals surface area contributed by atoms with Crippen LogP contribution >= 0.6 is 0 Å². The molecule has 0 saturated carbocycles. The van der Waals surface area contributed by atoms with Gasteiger partial charge in [0.1, 0.15) is 12.4 Å². The summed E-state index contributed by atoms with van der Waals surface area (Å²) in [6, 6.07) is 6.15. The van der Waals surface area contributed by atoms with Gasteiger partial charge in [0.25, 0.3) is 0 Å². The van der Waals surface area contributed by atoms with E-state index in [1.165, 1.54) is 17.0 Å². The summed E-state index contributed by atoms with van der Waals surface area (Å²) in [5.74, 6) is -0.662. The lowest BCUT2D eigenvalue weighted by Crippen LogP contribution is -2.34. The minimum atomic E-state index is -0.476. The van der Waals surface area contributed by atoms with Gasteiger partial charge in [-0.2, -0.15) is 5.26 Å². The van der Waals surface area contributed by atoms with Gasteiger partial charge >= 0.3 is 0 Å². The first-order valence-electron chi connectivity index (χ1n) is 7.79. The Balaban J connectivity index is 1.85. The highest BCUT2D eigenvalue weighted by atomic mass is 19.1. The van der Waals surface area contributed by atoms with Gasteiger partial charge in [-0.25, -0.2) is 4.39 Å². The van der Waals surface area contributed by atoms with Gasteiger partial charge < -0.3 is 14.4 Å². The number of nitrogens with zero attached hydrogens (tertiary/aromatic N) is 2. The van der Waals surface area contributed by atoms with E-state index in [-0.39, 0.29) is 30.7 Å². The molecule has 1 aromatic carbocycles. The molecule has 1 aliphatic heterocycles. The topological polar surface area (TPSA) is 62.6 Å². The second kappa shape index (κ2) is 8.61. The molecule has 1 fully saturated rings. The number of ether oxygens (including phenoxy) is 2. The van der Waals surface area contributed by atoms with Crippen molar-refractivity contribution in [3.05, 3.63) is 35.1 Å². The number of halogens is 1. The van der Waals surface area contributed by atoms with Crippen molar-refractivity contribution in [2.24, 2.45) is 0 Å². The number of amides is 1. The number of nitriles is 1. The smallest absolute Gasteiger partial charge is 0.248 e. The van der Waals surface area contributed by atoms with Crippen molar-refractivity contribution < 1.29 is 18.7 Å². The number of carbonyl (C=O) groups excluding carboxylic acids is 1. The highest BCUT2D eigenvalue weighted by molar-refractivity contribution is 5.77. The molecule has 1 unspecified atom stereocenters. The zero-order valence-corrected chi connectivity index (χ0v) is 13.3. The average molecular weight is 320 g/mol. The third-order valence-electron chi connectivity index (χ3n) is 3.83. The Morgan fingerprint density at radius 1 is 1.57 bits per heavy atom. The molecule has 0 radical (unpaired) electrons. The van der Waals surface area contributed by atoms with E-state index < -0.39 is 5.82 Å². The number of benzene rings is 1. The maximum atomic E-state index is 13.9. The summed E-state index contributed by atoms with van der Waals surface area (Å²) in [6.07, 6.45) is 2.07. The Bertz CT molecular complexity index is 580. The van der Waals surface area contributed by atoms with E-state index in [4.69, 9.17) is 14.7 Å². The second-order valence-electron chi connectivity index (χ2n) is 5.48. The van der Waals surface area contributed by atoms with Crippen LogP contribution in [0.1, 0.15) is 30.9 Å². The largest absolute Gasteiger partial charge is 0.376 e. The molecule has 6 heteroatoms. The number of carbonyl (C=O) groups is 1. The van der Waals surface area contributed by atoms with Crippen molar-refractivity contribution in [3.8, 4) is 6.07 Å². The van der Waals surface area contributed by atoms with Crippen LogP contribution in [-0.4, -0.2) is 43.3 Å². The van der Waals surface area contributed by atoms with Crippen LogP contribution in [0.15, 0.2) is 18.2 Å². The Kier molecular flexibility index (Phi) is 6.51. The lowest BCUT2D eigenvalue weighted by atomic mass is 10.1. The third-order valence-corrected chi connectivity index (χ3v) is 3.83. The van der Waals surface area contributed by atoms with E-state index in [0.717, 1.165) is 19.4 Å². The van der Waals surface area contributed by atoms with Crippen molar-refractivity contribution in [3.63, 3.8) is 0 Å². The van der Waals surface area contributed by atoms with Crippen LogP contribution in [0, 0.1) is 17.1 Å². The third kappa shape index (κ3) is 5.02. The van der Waals surface area contributed by atoms with E-state index in [1.54, 1.807) is 6.07 Å². The van der Waals surface area contributed by atoms with Gasteiger partial charge in [-0.05, 0) is 31.9 Å². The van der Waals surface area contributed by atoms with Crippen LogP contribution in [0.25, 0.3) is 0 Å². The first kappa shape index (κ1) is 17.4. The van der Waals surface area contributed by atoms with Crippen LogP contribution in [0.2, 0.25) is 0 Å². The first-order valence-corrected chi connectivity index (χ1v) is 7.79. The summed E-state index contributed by atoms with van der Waals surface area (Å²) < 4.78 is 24.8. The molecule has 1 aliphatic rings. The molecule has 1 atom stereocenters. The van der Waals surface area contributed by atoms with E-state index in [9.17, 15) is 9.18 Å². The fourth-order valence-corrected chi connectivity index (χ4v) is 2.47. The Morgan fingerprint density at radius 3 is 3.00 bits per heavy atom. The normalized spacial score (nSPS) is 17.0. The van der Waals surface area contributed by atoms with E-state index in [1.807, 2.05) is 13.0 Å². The molecule has 0 N–H and O–H groups in total. The van der Waals surface area contributed by atoms with Gasteiger partial charge in [0.15, 0.2) is 0 Å². The molecule has 1 aromatic rings. The second-order valence-corrected chi connectivity index (χ2v) is 5.48. The molecular formula is C17H21FN2O3. The van der Waals surface area contributed by atoms with Gasteiger partial charge in [-0.3, -0.25) is 4.79 Å². The van der Waals surface area contributed by atoms with E-state index in [0.29, 0.717) is 18.7 Å². The van der Waals surface area contributed by atoms with Gasteiger partial charge in [0.05, 0.1) is 24.3 Å². The fraction of sp³-hybridized carbons (Fsp3) is 0.529. The van der Waals surface area contributed by atoms with Gasteiger partial charge in [-0.15, -0.1) is 0 Å². The molecule has 2 rings (SSSR count). The van der Waals surface area contributed by atoms with Gasteiger partial charge in [0, 0.05) is 25.3 Å². The van der Waals surface area contributed by atoms with Crippen molar-refractivity contribution in [2.75, 3.05) is 26.4 Å². The van der Waals surface area contributed by atoms with Crippen LogP contribution in [-0.2, 0) is 20.8 Å². The highest BCUT2D eigenvalue weighted by Gasteiger charge is 2.18. The maximum absolute atomic E-state index is 13.9. The molecule has 0 aromatic heterocycles.